The standard InChI is InChI=1S/C9H16N2O3/c1-11(2)9(14)10-7-4-3-6(5-7)8(12)13/h6-7H,3-5H2,1-2H3,(H,10,14)(H,12,13)/t6-,7+/m1/s1. The van der Waals surface area contributed by atoms with Crippen LogP contribution < -0.4 is 5.32 Å². The minimum Gasteiger partial charge on any atom is -0.481 e. The Morgan fingerprint density at radius 3 is 2.43 bits per heavy atom. The number of urea groups is 1. The van der Waals surface area contributed by atoms with Gasteiger partial charge in [-0.05, 0) is 19.3 Å². The highest BCUT2D eigenvalue weighted by Gasteiger charge is 2.30. The molecule has 2 amide bonds. The number of amides is 2. The molecule has 0 aliphatic heterocycles. The molecular weight excluding hydrogens is 184 g/mol. The fourth-order valence-corrected chi connectivity index (χ4v) is 1.64. The van der Waals surface area contributed by atoms with E-state index >= 15 is 0 Å². The average molecular weight is 200 g/mol. The van der Waals surface area contributed by atoms with Gasteiger partial charge < -0.3 is 15.3 Å². The van der Waals surface area contributed by atoms with Crippen molar-refractivity contribution in [2.75, 3.05) is 14.1 Å². The quantitative estimate of drug-likeness (QED) is 0.682. The first-order valence-electron chi connectivity index (χ1n) is 4.71. The summed E-state index contributed by atoms with van der Waals surface area (Å²) in [6, 6.07) is -0.132. The molecule has 1 aliphatic rings. The fourth-order valence-electron chi connectivity index (χ4n) is 1.64. The third kappa shape index (κ3) is 2.61. The molecule has 0 unspecified atom stereocenters. The number of hydrogen-bond acceptors (Lipinski definition) is 2. The molecule has 2 atom stereocenters. The minimum atomic E-state index is -0.758. The number of carboxylic acid groups (broad SMARTS) is 1. The molecule has 14 heavy (non-hydrogen) atoms. The molecule has 0 bridgehead atoms. The van der Waals surface area contributed by atoms with Gasteiger partial charge in [-0.25, -0.2) is 4.79 Å². The summed E-state index contributed by atoms with van der Waals surface area (Å²) in [5, 5.41) is 11.5. The zero-order valence-electron chi connectivity index (χ0n) is 8.49. The monoisotopic (exact) mass is 200 g/mol. The topological polar surface area (TPSA) is 69.6 Å². The van der Waals surface area contributed by atoms with E-state index in [0.717, 1.165) is 6.42 Å². The second-order valence-electron chi connectivity index (χ2n) is 3.89. The Bertz CT molecular complexity index is 240. The Labute approximate surface area is 83.1 Å². The smallest absolute Gasteiger partial charge is 0.317 e. The molecule has 2 N–H and O–H groups in total. The molecule has 0 aromatic rings. The summed E-state index contributed by atoms with van der Waals surface area (Å²) in [6.07, 6.45) is 1.97. The second kappa shape index (κ2) is 4.30. The van der Waals surface area contributed by atoms with Gasteiger partial charge >= 0.3 is 12.0 Å². The zero-order chi connectivity index (χ0) is 10.7. The maximum atomic E-state index is 11.2. The highest BCUT2D eigenvalue weighted by molar-refractivity contribution is 5.74. The molecule has 0 heterocycles. The van der Waals surface area contributed by atoms with Crippen LogP contribution in [-0.4, -0.2) is 42.1 Å². The van der Waals surface area contributed by atoms with Crippen molar-refractivity contribution in [3.05, 3.63) is 0 Å². The first-order valence-corrected chi connectivity index (χ1v) is 4.71. The maximum absolute atomic E-state index is 11.2. The molecule has 0 aromatic carbocycles. The Hall–Kier alpha value is -1.26. The molecule has 1 saturated carbocycles. The Morgan fingerprint density at radius 2 is 2.00 bits per heavy atom. The lowest BCUT2D eigenvalue weighted by molar-refractivity contribution is -0.141. The van der Waals surface area contributed by atoms with Crippen LogP contribution in [0.25, 0.3) is 0 Å². The lowest BCUT2D eigenvalue weighted by Gasteiger charge is -2.16. The third-order valence-electron chi connectivity index (χ3n) is 2.52. The molecule has 1 rings (SSSR count). The van der Waals surface area contributed by atoms with E-state index in [4.69, 9.17) is 5.11 Å². The number of carboxylic acids is 1. The van der Waals surface area contributed by atoms with Crippen molar-refractivity contribution < 1.29 is 14.7 Å². The van der Waals surface area contributed by atoms with E-state index in [1.807, 2.05) is 0 Å². The Morgan fingerprint density at radius 1 is 1.36 bits per heavy atom. The third-order valence-corrected chi connectivity index (χ3v) is 2.52. The summed E-state index contributed by atoms with van der Waals surface area (Å²) < 4.78 is 0. The van der Waals surface area contributed by atoms with Gasteiger partial charge in [0.25, 0.3) is 0 Å². The number of nitrogens with zero attached hydrogens (tertiary/aromatic N) is 1. The number of carbonyl (C=O) groups excluding carboxylic acids is 1. The van der Waals surface area contributed by atoms with Gasteiger partial charge in [0.15, 0.2) is 0 Å². The lowest BCUT2D eigenvalue weighted by Crippen LogP contribution is -2.40. The van der Waals surface area contributed by atoms with Crippen LogP contribution in [0.3, 0.4) is 0 Å². The first kappa shape index (κ1) is 10.8. The molecule has 0 aromatic heterocycles. The van der Waals surface area contributed by atoms with Crippen LogP contribution in [0.5, 0.6) is 0 Å². The van der Waals surface area contributed by atoms with E-state index in [1.165, 1.54) is 4.90 Å². The van der Waals surface area contributed by atoms with Crippen LogP contribution in [0.15, 0.2) is 0 Å². The van der Waals surface area contributed by atoms with Crippen molar-refractivity contribution in [1.82, 2.24) is 10.2 Å². The summed E-state index contributed by atoms with van der Waals surface area (Å²) in [7, 11) is 3.33. The molecule has 5 heteroatoms. The number of nitrogens with one attached hydrogen (secondary N) is 1. The van der Waals surface area contributed by atoms with E-state index in [2.05, 4.69) is 5.32 Å². The van der Waals surface area contributed by atoms with Crippen LogP contribution in [0.4, 0.5) is 4.79 Å². The Kier molecular flexibility index (Phi) is 3.33. The van der Waals surface area contributed by atoms with Crippen molar-refractivity contribution in [3.8, 4) is 0 Å². The number of carbonyl (C=O) groups is 2. The number of aliphatic carboxylic acids is 1. The highest BCUT2D eigenvalue weighted by atomic mass is 16.4. The van der Waals surface area contributed by atoms with E-state index in [9.17, 15) is 9.59 Å². The predicted molar refractivity (Wildman–Crippen MR) is 51.0 cm³/mol. The van der Waals surface area contributed by atoms with Crippen LogP contribution >= 0.6 is 0 Å². The molecule has 1 aliphatic carbocycles. The van der Waals surface area contributed by atoms with Crippen LogP contribution in [0.2, 0.25) is 0 Å². The van der Waals surface area contributed by atoms with E-state index in [0.29, 0.717) is 12.8 Å². The van der Waals surface area contributed by atoms with Gasteiger partial charge in [0.05, 0.1) is 5.92 Å². The summed E-state index contributed by atoms with van der Waals surface area (Å²) >= 11 is 0. The van der Waals surface area contributed by atoms with E-state index < -0.39 is 5.97 Å². The Balaban J connectivity index is 2.36. The number of rotatable bonds is 2. The molecule has 5 nitrogen and oxygen atoms in total. The number of hydrogen-bond donors (Lipinski definition) is 2. The summed E-state index contributed by atoms with van der Waals surface area (Å²) in [6.45, 7) is 0. The van der Waals surface area contributed by atoms with Crippen LogP contribution in [-0.2, 0) is 4.79 Å². The molecular formula is C9H16N2O3. The second-order valence-corrected chi connectivity index (χ2v) is 3.89. The highest BCUT2D eigenvalue weighted by Crippen LogP contribution is 2.25. The first-order chi connectivity index (χ1) is 6.50. The zero-order valence-corrected chi connectivity index (χ0v) is 8.49. The summed E-state index contributed by atoms with van der Waals surface area (Å²) in [4.78, 5) is 23.3. The van der Waals surface area contributed by atoms with Crippen molar-refractivity contribution in [1.29, 1.82) is 0 Å². The van der Waals surface area contributed by atoms with Gasteiger partial charge in [0, 0.05) is 20.1 Å². The van der Waals surface area contributed by atoms with Crippen molar-refractivity contribution in [3.63, 3.8) is 0 Å². The molecule has 0 saturated heterocycles. The normalized spacial score (nSPS) is 25.9. The van der Waals surface area contributed by atoms with Crippen LogP contribution in [0.1, 0.15) is 19.3 Å². The van der Waals surface area contributed by atoms with Gasteiger partial charge in [0.2, 0.25) is 0 Å². The molecule has 1 fully saturated rings. The van der Waals surface area contributed by atoms with Crippen molar-refractivity contribution >= 4 is 12.0 Å². The lowest BCUT2D eigenvalue weighted by atomic mass is 10.1. The summed E-state index contributed by atoms with van der Waals surface area (Å²) in [5.74, 6) is -1.05. The fraction of sp³-hybridized carbons (Fsp3) is 0.778. The maximum Gasteiger partial charge on any atom is 0.317 e. The minimum absolute atomic E-state index is 0.0194. The molecule has 80 valence electrons. The van der Waals surface area contributed by atoms with Gasteiger partial charge in [-0.3, -0.25) is 4.79 Å². The average Bonchev–Trinajstić information content (AvgIpc) is 2.52. The SMILES string of the molecule is CN(C)C(=O)N[C@H]1CC[C@@H](C(=O)O)C1. The van der Waals surface area contributed by atoms with Gasteiger partial charge in [0.1, 0.15) is 0 Å². The van der Waals surface area contributed by atoms with Gasteiger partial charge in [-0.1, -0.05) is 0 Å². The van der Waals surface area contributed by atoms with Crippen molar-refractivity contribution in [2.45, 2.75) is 25.3 Å². The van der Waals surface area contributed by atoms with Crippen molar-refractivity contribution in [2.24, 2.45) is 5.92 Å². The van der Waals surface area contributed by atoms with Crippen LogP contribution in [0, 0.1) is 5.92 Å². The predicted octanol–water partition coefficient (Wildman–Crippen LogP) is 0.511. The van der Waals surface area contributed by atoms with E-state index in [1.54, 1.807) is 14.1 Å². The van der Waals surface area contributed by atoms with Gasteiger partial charge in [-0.15, -0.1) is 0 Å². The largest absolute Gasteiger partial charge is 0.481 e. The summed E-state index contributed by atoms with van der Waals surface area (Å²) in [5.41, 5.74) is 0. The van der Waals surface area contributed by atoms with Gasteiger partial charge in [-0.2, -0.15) is 0 Å². The molecule has 0 radical (unpaired) electrons. The van der Waals surface area contributed by atoms with E-state index in [-0.39, 0.29) is 18.0 Å². The molecule has 0 spiro atoms.